The van der Waals surface area contributed by atoms with Crippen molar-refractivity contribution in [3.63, 3.8) is 0 Å². The number of fused-ring (bicyclic) bond motifs is 1. The molecule has 1 aliphatic rings. The van der Waals surface area contributed by atoms with Crippen LogP contribution in [0.25, 0.3) is 11.0 Å². The molecule has 0 unspecified atom stereocenters. The van der Waals surface area contributed by atoms with E-state index in [4.69, 9.17) is 20.8 Å². The van der Waals surface area contributed by atoms with Gasteiger partial charge in [-0.1, -0.05) is 17.7 Å². The van der Waals surface area contributed by atoms with Crippen molar-refractivity contribution in [2.24, 2.45) is 0 Å². The van der Waals surface area contributed by atoms with Crippen molar-refractivity contribution in [1.29, 1.82) is 0 Å². The van der Waals surface area contributed by atoms with E-state index in [9.17, 15) is 14.4 Å². The maximum Gasteiger partial charge on any atom is 0.289 e. The lowest BCUT2D eigenvalue weighted by Gasteiger charge is -2.36. The van der Waals surface area contributed by atoms with E-state index >= 15 is 0 Å². The lowest BCUT2D eigenvalue weighted by molar-refractivity contribution is 0.0794. The van der Waals surface area contributed by atoms with E-state index in [1.807, 2.05) is 18.2 Å². The lowest BCUT2D eigenvalue weighted by Crippen LogP contribution is -2.47. The molecule has 10 heteroatoms. The number of rotatable bonds is 8. The molecule has 3 aromatic rings. The number of ether oxygens (including phenoxy) is 1. The predicted molar refractivity (Wildman–Crippen MR) is 149 cm³/mol. The molecule has 0 bridgehead atoms. The number of carbonyl (C=O) groups is 2. The van der Waals surface area contributed by atoms with E-state index in [0.29, 0.717) is 11.6 Å². The van der Waals surface area contributed by atoms with Crippen LogP contribution in [0.15, 0.2) is 45.6 Å². The van der Waals surface area contributed by atoms with Gasteiger partial charge in [-0.3, -0.25) is 19.3 Å². The average Bonchev–Trinajstić information content (AvgIpc) is 2.92. The molecule has 0 aliphatic carbocycles. The first-order valence-electron chi connectivity index (χ1n) is 12.6. The zero-order valence-electron chi connectivity index (χ0n) is 22.2. The molecule has 2 heterocycles. The second-order valence-electron chi connectivity index (χ2n) is 9.52. The van der Waals surface area contributed by atoms with Gasteiger partial charge in [-0.2, -0.15) is 0 Å². The molecule has 1 aromatic heterocycles. The second kappa shape index (κ2) is 11.9. The minimum Gasteiger partial charge on any atom is -0.495 e. The number of para-hydroxylation sites is 1. The molecule has 0 spiro atoms. The molecule has 9 nitrogen and oxygen atoms in total. The maximum absolute atomic E-state index is 13.0. The number of methoxy groups -OCH3 is 1. The number of nitrogens with one attached hydrogen (secondary N) is 1. The van der Waals surface area contributed by atoms with Crippen molar-refractivity contribution in [2.75, 3.05) is 65.4 Å². The van der Waals surface area contributed by atoms with E-state index in [-0.39, 0.29) is 39.2 Å². The summed E-state index contributed by atoms with van der Waals surface area (Å²) >= 11 is 6.19. The summed E-state index contributed by atoms with van der Waals surface area (Å²) in [5.41, 5.74) is 1.26. The average molecular weight is 541 g/mol. The van der Waals surface area contributed by atoms with Crippen LogP contribution in [0.3, 0.4) is 0 Å². The van der Waals surface area contributed by atoms with Crippen LogP contribution in [0.2, 0.25) is 5.02 Å². The van der Waals surface area contributed by atoms with Crippen LogP contribution in [0.4, 0.5) is 5.69 Å². The third kappa shape index (κ3) is 5.79. The van der Waals surface area contributed by atoms with Gasteiger partial charge < -0.3 is 24.3 Å². The summed E-state index contributed by atoms with van der Waals surface area (Å²) in [5, 5.41) is 3.89. The summed E-state index contributed by atoms with van der Waals surface area (Å²) in [6.07, 6.45) is 0.768. The topological polar surface area (TPSA) is 95.3 Å². The predicted octanol–water partition coefficient (Wildman–Crippen LogP) is 3.41. The fourth-order valence-corrected chi connectivity index (χ4v) is 4.78. The van der Waals surface area contributed by atoms with Gasteiger partial charge in [0.25, 0.3) is 11.8 Å². The number of piperazine rings is 1. The normalized spacial score (nSPS) is 14.0. The summed E-state index contributed by atoms with van der Waals surface area (Å²) in [5.74, 6) is -0.0141. The Bertz CT molecular complexity index is 1400. The molecule has 0 atom stereocenters. The molecular weight excluding hydrogens is 508 g/mol. The van der Waals surface area contributed by atoms with Crippen molar-refractivity contribution in [1.82, 2.24) is 15.1 Å². The standard InChI is InChI=1S/C28H33ClN4O5/c1-18-24(34)20-7-5-8-21(26(20)38-25(18)28(36)31(2)3)27(35)30-11-6-12-32-13-15-33(16-14-32)22-17-19(29)9-10-23(22)37-4/h5,7-10,17H,6,11-16H2,1-4H3,(H,30,35). The van der Waals surface area contributed by atoms with Crippen molar-refractivity contribution in [3.05, 3.63) is 68.5 Å². The van der Waals surface area contributed by atoms with Crippen molar-refractivity contribution >= 4 is 40.1 Å². The zero-order valence-corrected chi connectivity index (χ0v) is 22.9. The smallest absolute Gasteiger partial charge is 0.289 e. The quantitative estimate of drug-likeness (QED) is 0.437. The van der Waals surface area contributed by atoms with E-state index in [1.54, 1.807) is 46.3 Å². The third-order valence-corrected chi connectivity index (χ3v) is 7.02. The lowest BCUT2D eigenvalue weighted by atomic mass is 10.1. The first-order valence-corrected chi connectivity index (χ1v) is 13.0. The monoisotopic (exact) mass is 540 g/mol. The van der Waals surface area contributed by atoms with Crippen LogP contribution in [-0.4, -0.2) is 82.1 Å². The molecule has 1 N–H and O–H groups in total. The summed E-state index contributed by atoms with van der Waals surface area (Å²) < 4.78 is 11.3. The fraction of sp³-hybridized carbons (Fsp3) is 0.393. The van der Waals surface area contributed by atoms with Gasteiger partial charge in [-0.05, 0) is 50.2 Å². The molecule has 1 aliphatic heterocycles. The number of benzene rings is 2. The van der Waals surface area contributed by atoms with Crippen molar-refractivity contribution in [3.8, 4) is 5.75 Å². The van der Waals surface area contributed by atoms with Crippen molar-refractivity contribution < 1.29 is 18.7 Å². The third-order valence-electron chi connectivity index (χ3n) is 6.78. The Balaban J connectivity index is 1.34. The number of hydrogen-bond acceptors (Lipinski definition) is 7. The molecule has 1 saturated heterocycles. The first-order chi connectivity index (χ1) is 18.2. The highest BCUT2D eigenvalue weighted by Gasteiger charge is 2.23. The molecule has 1 fully saturated rings. The molecule has 0 radical (unpaired) electrons. The molecule has 38 heavy (non-hydrogen) atoms. The Labute approximate surface area is 226 Å². The van der Waals surface area contributed by atoms with Crippen LogP contribution < -0.4 is 20.4 Å². The fourth-order valence-electron chi connectivity index (χ4n) is 4.62. The van der Waals surface area contributed by atoms with E-state index in [1.165, 1.54) is 4.90 Å². The molecule has 2 aromatic carbocycles. The van der Waals surface area contributed by atoms with Crippen molar-refractivity contribution in [2.45, 2.75) is 13.3 Å². The number of halogens is 1. The largest absolute Gasteiger partial charge is 0.495 e. The Kier molecular flexibility index (Phi) is 8.58. The maximum atomic E-state index is 13.0. The summed E-state index contributed by atoms with van der Waals surface area (Å²) in [4.78, 5) is 44.4. The number of amides is 2. The van der Waals surface area contributed by atoms with Gasteiger partial charge in [0, 0.05) is 57.4 Å². The van der Waals surface area contributed by atoms with Crippen LogP contribution in [0, 0.1) is 6.92 Å². The Hall–Kier alpha value is -3.56. The second-order valence-corrected chi connectivity index (χ2v) is 9.96. The van der Waals surface area contributed by atoms with E-state index in [0.717, 1.165) is 50.6 Å². The summed E-state index contributed by atoms with van der Waals surface area (Å²) in [6, 6.07) is 10.5. The number of anilines is 1. The number of carbonyl (C=O) groups excluding carboxylic acids is 2. The highest BCUT2D eigenvalue weighted by atomic mass is 35.5. The van der Waals surface area contributed by atoms with Gasteiger partial charge in [0.1, 0.15) is 5.75 Å². The van der Waals surface area contributed by atoms with Crippen LogP contribution >= 0.6 is 11.6 Å². The van der Waals surface area contributed by atoms with Crippen LogP contribution in [0.5, 0.6) is 5.75 Å². The Morgan fingerprint density at radius 1 is 1.13 bits per heavy atom. The SMILES string of the molecule is COc1ccc(Cl)cc1N1CCN(CCCNC(=O)c2cccc3c(=O)c(C)c(C(=O)N(C)C)oc23)CC1. The van der Waals surface area contributed by atoms with Gasteiger partial charge in [-0.25, -0.2) is 0 Å². The minimum atomic E-state index is -0.425. The highest BCUT2D eigenvalue weighted by molar-refractivity contribution is 6.31. The molecule has 2 amide bonds. The minimum absolute atomic E-state index is 0.0534. The van der Waals surface area contributed by atoms with Gasteiger partial charge >= 0.3 is 0 Å². The van der Waals surface area contributed by atoms with E-state index in [2.05, 4.69) is 15.1 Å². The Morgan fingerprint density at radius 3 is 2.55 bits per heavy atom. The molecule has 0 saturated carbocycles. The highest BCUT2D eigenvalue weighted by Crippen LogP contribution is 2.31. The van der Waals surface area contributed by atoms with Gasteiger partial charge in [0.05, 0.1) is 23.7 Å². The van der Waals surface area contributed by atoms with Crippen LogP contribution in [0.1, 0.15) is 32.9 Å². The molecular formula is C28H33ClN4O5. The van der Waals surface area contributed by atoms with Gasteiger partial charge in [0.2, 0.25) is 0 Å². The number of nitrogens with zero attached hydrogens (tertiary/aromatic N) is 3. The van der Waals surface area contributed by atoms with Gasteiger partial charge in [-0.15, -0.1) is 0 Å². The van der Waals surface area contributed by atoms with Crippen LogP contribution in [-0.2, 0) is 0 Å². The Morgan fingerprint density at radius 2 is 1.87 bits per heavy atom. The number of hydrogen-bond donors (Lipinski definition) is 1. The molecule has 202 valence electrons. The first kappa shape index (κ1) is 27.5. The zero-order chi connectivity index (χ0) is 27.4. The summed E-state index contributed by atoms with van der Waals surface area (Å²) in [6.45, 7) is 6.35. The van der Waals surface area contributed by atoms with Gasteiger partial charge in [0.15, 0.2) is 16.8 Å². The van der Waals surface area contributed by atoms with E-state index < -0.39 is 5.91 Å². The molecule has 4 rings (SSSR count). The summed E-state index contributed by atoms with van der Waals surface area (Å²) in [7, 11) is 4.82.